The fraction of sp³-hybridized carbons (Fsp3) is 0.458. The zero-order valence-electron chi connectivity index (χ0n) is 19.0. The maximum Gasteiger partial charge on any atom is 0.172 e. The van der Waals surface area contributed by atoms with Crippen molar-refractivity contribution < 1.29 is 14.9 Å². The van der Waals surface area contributed by atoms with Gasteiger partial charge in [0.25, 0.3) is 0 Å². The number of rotatable bonds is 5. The Hall–Kier alpha value is -3.17. The van der Waals surface area contributed by atoms with E-state index >= 15 is 0 Å². The molecule has 2 fully saturated rings. The van der Waals surface area contributed by atoms with E-state index in [0.717, 1.165) is 55.4 Å². The van der Waals surface area contributed by atoms with Crippen molar-refractivity contribution in [1.82, 2.24) is 25.1 Å². The van der Waals surface area contributed by atoms with Gasteiger partial charge in [-0.3, -0.25) is 4.57 Å². The quantitative estimate of drug-likeness (QED) is 0.544. The summed E-state index contributed by atoms with van der Waals surface area (Å²) >= 11 is 0. The minimum absolute atomic E-state index is 0.0330. The van der Waals surface area contributed by atoms with Crippen molar-refractivity contribution in [2.24, 2.45) is 0 Å². The lowest BCUT2D eigenvalue weighted by atomic mass is 9.98. The van der Waals surface area contributed by atoms with Crippen LogP contribution in [-0.2, 0) is 4.74 Å². The molecule has 9 heteroatoms. The van der Waals surface area contributed by atoms with Crippen LogP contribution >= 0.6 is 0 Å². The van der Waals surface area contributed by atoms with Crippen LogP contribution < -0.4 is 10.2 Å². The van der Waals surface area contributed by atoms with E-state index in [-0.39, 0.29) is 23.5 Å². The Morgan fingerprint density at radius 3 is 2.58 bits per heavy atom. The lowest BCUT2D eigenvalue weighted by molar-refractivity contribution is 0.122. The van der Waals surface area contributed by atoms with Gasteiger partial charge in [0.15, 0.2) is 11.6 Å². The van der Waals surface area contributed by atoms with Crippen LogP contribution in [0.15, 0.2) is 30.5 Å². The normalized spacial score (nSPS) is 18.9. The van der Waals surface area contributed by atoms with Gasteiger partial charge in [0.05, 0.1) is 36.7 Å². The fourth-order valence-electron chi connectivity index (χ4n) is 4.58. The van der Waals surface area contributed by atoms with Gasteiger partial charge in [0.2, 0.25) is 0 Å². The molecule has 0 radical (unpaired) electrons. The molecule has 0 amide bonds. The number of ether oxygens (including phenoxy) is 1. The van der Waals surface area contributed by atoms with E-state index in [1.54, 1.807) is 6.07 Å². The number of hydrogen-bond acceptors (Lipinski definition) is 8. The van der Waals surface area contributed by atoms with Gasteiger partial charge in [0.1, 0.15) is 17.3 Å². The van der Waals surface area contributed by atoms with Crippen LogP contribution in [0.4, 0.5) is 5.82 Å². The minimum atomic E-state index is -0.0330. The molecule has 1 unspecified atom stereocenters. The highest BCUT2D eigenvalue weighted by molar-refractivity contribution is 5.69. The molecule has 0 aliphatic carbocycles. The molecule has 9 nitrogen and oxygen atoms in total. The van der Waals surface area contributed by atoms with Gasteiger partial charge >= 0.3 is 0 Å². The number of phenolic OH excluding ortho intramolecular Hbond substituents is 2. The first-order chi connectivity index (χ1) is 16.0. The van der Waals surface area contributed by atoms with Crippen LogP contribution in [0.25, 0.3) is 17.1 Å². The Labute approximate surface area is 193 Å². The number of anilines is 1. The Morgan fingerprint density at radius 2 is 1.91 bits per heavy atom. The van der Waals surface area contributed by atoms with Crippen molar-refractivity contribution in [1.29, 1.82) is 0 Å². The van der Waals surface area contributed by atoms with Crippen LogP contribution in [0.2, 0.25) is 0 Å². The van der Waals surface area contributed by atoms with Gasteiger partial charge in [-0.15, -0.1) is 10.2 Å². The molecule has 1 aromatic carbocycles. The molecule has 3 N–H and O–H groups in total. The first kappa shape index (κ1) is 21.7. The topological polar surface area (TPSA) is 109 Å². The summed E-state index contributed by atoms with van der Waals surface area (Å²) in [5.74, 6) is 2.36. The maximum absolute atomic E-state index is 10.7. The molecule has 174 valence electrons. The van der Waals surface area contributed by atoms with Gasteiger partial charge in [-0.2, -0.15) is 0 Å². The number of nitrogens with zero attached hydrogens (tertiary/aromatic N) is 5. The van der Waals surface area contributed by atoms with Gasteiger partial charge in [-0.25, -0.2) is 4.98 Å². The average Bonchev–Trinajstić information content (AvgIpc) is 3.50. The number of nitrogens with one attached hydrogen (secondary N) is 1. The van der Waals surface area contributed by atoms with Crippen molar-refractivity contribution in [3.05, 3.63) is 41.9 Å². The van der Waals surface area contributed by atoms with Crippen molar-refractivity contribution >= 4 is 5.82 Å². The predicted molar refractivity (Wildman–Crippen MR) is 125 cm³/mol. The molecular weight excluding hydrogens is 420 g/mol. The van der Waals surface area contributed by atoms with E-state index in [0.29, 0.717) is 24.6 Å². The van der Waals surface area contributed by atoms with Crippen molar-refractivity contribution in [3.8, 4) is 28.6 Å². The van der Waals surface area contributed by atoms with Crippen molar-refractivity contribution in [2.45, 2.75) is 38.6 Å². The van der Waals surface area contributed by atoms with E-state index in [4.69, 9.17) is 9.72 Å². The molecule has 2 aliphatic rings. The SMILES string of the molecule is CC(C)c1cc(-c2nnc(C3CCCN3)n2-c2ccc(N3CCOCC3)nc2)c(O)cc1O. The minimum Gasteiger partial charge on any atom is -0.508 e. The summed E-state index contributed by atoms with van der Waals surface area (Å²) in [6, 6.07) is 7.29. The van der Waals surface area contributed by atoms with Gasteiger partial charge < -0.3 is 25.2 Å². The molecule has 5 rings (SSSR count). The smallest absolute Gasteiger partial charge is 0.172 e. The molecule has 0 bridgehead atoms. The van der Waals surface area contributed by atoms with E-state index in [2.05, 4.69) is 20.4 Å². The van der Waals surface area contributed by atoms with Crippen molar-refractivity contribution in [2.75, 3.05) is 37.7 Å². The molecular formula is C24H30N6O3. The molecule has 0 saturated carbocycles. The summed E-state index contributed by atoms with van der Waals surface area (Å²) in [7, 11) is 0. The summed E-state index contributed by atoms with van der Waals surface area (Å²) in [4.78, 5) is 6.92. The number of aromatic nitrogens is 4. The van der Waals surface area contributed by atoms with Crippen LogP contribution in [0.1, 0.15) is 50.0 Å². The number of pyridine rings is 1. The first-order valence-electron chi connectivity index (χ1n) is 11.6. The van der Waals surface area contributed by atoms with E-state index < -0.39 is 0 Å². The van der Waals surface area contributed by atoms with Crippen LogP contribution in [0.5, 0.6) is 11.5 Å². The van der Waals surface area contributed by atoms with E-state index in [9.17, 15) is 10.2 Å². The third-order valence-corrected chi connectivity index (χ3v) is 6.39. The zero-order valence-corrected chi connectivity index (χ0v) is 19.0. The maximum atomic E-state index is 10.7. The van der Waals surface area contributed by atoms with Gasteiger partial charge in [-0.1, -0.05) is 13.8 Å². The Kier molecular flexibility index (Phi) is 5.90. The summed E-state index contributed by atoms with van der Waals surface area (Å²) < 4.78 is 7.42. The number of morpholine rings is 1. The van der Waals surface area contributed by atoms with Gasteiger partial charge in [0, 0.05) is 19.2 Å². The predicted octanol–water partition coefficient (Wildman–Crippen LogP) is 3.13. The zero-order chi connectivity index (χ0) is 22.9. The van der Waals surface area contributed by atoms with Crippen molar-refractivity contribution in [3.63, 3.8) is 0 Å². The Balaban J connectivity index is 1.60. The summed E-state index contributed by atoms with van der Waals surface area (Å²) in [6.07, 6.45) is 3.87. The molecule has 33 heavy (non-hydrogen) atoms. The molecule has 2 aliphatic heterocycles. The summed E-state index contributed by atoms with van der Waals surface area (Å²) in [5, 5.41) is 33.5. The van der Waals surface area contributed by atoms with E-state index in [1.807, 2.05) is 36.7 Å². The molecule has 4 heterocycles. The molecule has 2 aromatic heterocycles. The lowest BCUT2D eigenvalue weighted by Crippen LogP contribution is -2.36. The van der Waals surface area contributed by atoms with Gasteiger partial charge in [-0.05, 0) is 49.1 Å². The number of hydrogen-bond donors (Lipinski definition) is 3. The molecule has 3 aromatic rings. The van der Waals surface area contributed by atoms with Crippen LogP contribution in [0, 0.1) is 0 Å². The standard InChI is InChI=1S/C24H30N6O3/c1-15(2)17-12-18(21(32)13-20(17)31)23-27-28-24(19-4-3-7-25-19)30(23)16-5-6-22(26-14-16)29-8-10-33-11-9-29/h5-6,12-15,19,25,31-32H,3-4,7-11H2,1-2H3. The van der Waals surface area contributed by atoms with Crippen LogP contribution in [0.3, 0.4) is 0 Å². The number of phenols is 2. The monoisotopic (exact) mass is 450 g/mol. The second-order valence-electron chi connectivity index (χ2n) is 8.92. The molecule has 2 saturated heterocycles. The fourth-order valence-corrected chi connectivity index (χ4v) is 4.58. The Bertz CT molecular complexity index is 1120. The molecule has 1 atom stereocenters. The number of benzene rings is 1. The Morgan fingerprint density at radius 1 is 1.09 bits per heavy atom. The van der Waals surface area contributed by atoms with E-state index in [1.165, 1.54) is 6.07 Å². The summed E-state index contributed by atoms with van der Waals surface area (Å²) in [6.45, 7) is 7.99. The highest BCUT2D eigenvalue weighted by atomic mass is 16.5. The third kappa shape index (κ3) is 4.14. The molecule has 0 spiro atoms. The van der Waals surface area contributed by atoms with Crippen LogP contribution in [-0.4, -0.2) is 62.8 Å². The second kappa shape index (κ2) is 8.99. The number of aromatic hydroxyl groups is 2. The highest BCUT2D eigenvalue weighted by Crippen LogP contribution is 2.39. The highest BCUT2D eigenvalue weighted by Gasteiger charge is 2.27. The average molecular weight is 451 g/mol. The first-order valence-corrected chi connectivity index (χ1v) is 11.6. The third-order valence-electron chi connectivity index (χ3n) is 6.39. The largest absolute Gasteiger partial charge is 0.508 e. The lowest BCUT2D eigenvalue weighted by Gasteiger charge is -2.27. The summed E-state index contributed by atoms with van der Waals surface area (Å²) in [5.41, 5.74) is 2.11. The second-order valence-corrected chi connectivity index (χ2v) is 8.92.